The Labute approximate surface area is 129 Å². The number of carbonyl (C=O) groups is 1. The normalized spacial score (nSPS) is 10.0. The standard InChI is InChI=1S/C15H11BrFN3O/c1-8-12(17)4-9(7-18)5-14(8)20-15(21)11-3-2-10(16)6-13(11)19/h2-6H,19H2,1H3,(H,20,21). The lowest BCUT2D eigenvalue weighted by molar-refractivity contribution is 0.102. The Morgan fingerprint density at radius 2 is 2.10 bits per heavy atom. The fourth-order valence-electron chi connectivity index (χ4n) is 1.80. The van der Waals surface area contributed by atoms with Crippen LogP contribution in [0.15, 0.2) is 34.8 Å². The monoisotopic (exact) mass is 347 g/mol. The van der Waals surface area contributed by atoms with Crippen molar-refractivity contribution in [3.63, 3.8) is 0 Å². The van der Waals surface area contributed by atoms with Crippen molar-refractivity contribution in [3.05, 3.63) is 57.3 Å². The average Bonchev–Trinajstić information content (AvgIpc) is 2.43. The Balaban J connectivity index is 2.36. The summed E-state index contributed by atoms with van der Waals surface area (Å²) < 4.78 is 14.4. The van der Waals surface area contributed by atoms with E-state index in [9.17, 15) is 9.18 Å². The van der Waals surface area contributed by atoms with Crippen LogP contribution in [0, 0.1) is 24.1 Å². The van der Waals surface area contributed by atoms with E-state index in [-0.39, 0.29) is 22.4 Å². The van der Waals surface area contributed by atoms with E-state index in [1.54, 1.807) is 18.2 Å². The highest BCUT2D eigenvalue weighted by Crippen LogP contribution is 2.23. The third-order valence-corrected chi connectivity index (χ3v) is 3.47. The first-order valence-electron chi connectivity index (χ1n) is 5.99. The number of amides is 1. The van der Waals surface area contributed by atoms with Gasteiger partial charge in [0, 0.05) is 21.4 Å². The quantitative estimate of drug-likeness (QED) is 0.814. The van der Waals surface area contributed by atoms with E-state index in [4.69, 9.17) is 11.0 Å². The molecule has 0 atom stereocenters. The summed E-state index contributed by atoms with van der Waals surface area (Å²) in [5.41, 5.74) is 7.01. The van der Waals surface area contributed by atoms with Gasteiger partial charge in [-0.15, -0.1) is 0 Å². The van der Waals surface area contributed by atoms with Crippen molar-refractivity contribution in [1.29, 1.82) is 5.26 Å². The number of nitrogen functional groups attached to an aromatic ring is 1. The molecular formula is C15H11BrFN3O. The number of nitrogens with two attached hydrogens (primary N) is 1. The Bertz CT molecular complexity index is 768. The lowest BCUT2D eigenvalue weighted by Crippen LogP contribution is -2.15. The second kappa shape index (κ2) is 5.94. The Kier molecular flexibility index (Phi) is 4.24. The fourth-order valence-corrected chi connectivity index (χ4v) is 2.18. The van der Waals surface area contributed by atoms with Gasteiger partial charge in [-0.3, -0.25) is 4.79 Å². The molecule has 2 aromatic rings. The topological polar surface area (TPSA) is 78.9 Å². The highest BCUT2D eigenvalue weighted by molar-refractivity contribution is 9.10. The Hall–Kier alpha value is -2.39. The molecule has 0 radical (unpaired) electrons. The number of rotatable bonds is 2. The molecule has 0 aromatic heterocycles. The third-order valence-electron chi connectivity index (χ3n) is 2.98. The van der Waals surface area contributed by atoms with Crippen LogP contribution in [0.25, 0.3) is 0 Å². The van der Waals surface area contributed by atoms with Gasteiger partial charge in [0.1, 0.15) is 5.82 Å². The Morgan fingerprint density at radius 1 is 1.38 bits per heavy atom. The van der Waals surface area contributed by atoms with Crippen LogP contribution in [0.4, 0.5) is 15.8 Å². The number of nitriles is 1. The van der Waals surface area contributed by atoms with Crippen LogP contribution in [0.5, 0.6) is 0 Å². The summed E-state index contributed by atoms with van der Waals surface area (Å²) in [6.07, 6.45) is 0. The maximum Gasteiger partial charge on any atom is 0.257 e. The second-order valence-corrected chi connectivity index (χ2v) is 5.34. The van der Waals surface area contributed by atoms with Crippen molar-refractivity contribution in [2.24, 2.45) is 0 Å². The van der Waals surface area contributed by atoms with Crippen molar-refractivity contribution in [1.82, 2.24) is 0 Å². The first-order chi connectivity index (χ1) is 9.92. The van der Waals surface area contributed by atoms with Gasteiger partial charge in [0.15, 0.2) is 0 Å². The maximum absolute atomic E-state index is 13.7. The number of carbonyl (C=O) groups excluding carboxylic acids is 1. The minimum absolute atomic E-state index is 0.136. The summed E-state index contributed by atoms with van der Waals surface area (Å²) >= 11 is 3.25. The zero-order valence-corrected chi connectivity index (χ0v) is 12.7. The van der Waals surface area contributed by atoms with E-state index in [0.717, 1.165) is 10.5 Å². The molecule has 0 aliphatic heterocycles. The van der Waals surface area contributed by atoms with Crippen molar-refractivity contribution < 1.29 is 9.18 Å². The van der Waals surface area contributed by atoms with Crippen molar-refractivity contribution in [3.8, 4) is 6.07 Å². The number of anilines is 2. The van der Waals surface area contributed by atoms with Crippen molar-refractivity contribution in [2.45, 2.75) is 6.92 Å². The summed E-state index contributed by atoms with van der Waals surface area (Å²) in [5, 5.41) is 11.4. The molecular weight excluding hydrogens is 337 g/mol. The lowest BCUT2D eigenvalue weighted by atomic mass is 10.1. The summed E-state index contributed by atoms with van der Waals surface area (Å²) in [5.74, 6) is -1.01. The van der Waals surface area contributed by atoms with Crippen molar-refractivity contribution in [2.75, 3.05) is 11.1 Å². The number of hydrogen-bond donors (Lipinski definition) is 2. The van der Waals surface area contributed by atoms with Crippen LogP contribution >= 0.6 is 15.9 Å². The number of halogens is 2. The van der Waals surface area contributed by atoms with Gasteiger partial charge in [-0.1, -0.05) is 15.9 Å². The van der Waals surface area contributed by atoms with Gasteiger partial charge in [-0.2, -0.15) is 5.26 Å². The summed E-state index contributed by atoms with van der Waals surface area (Å²) in [4.78, 5) is 12.2. The van der Waals surface area contributed by atoms with E-state index >= 15 is 0 Å². The summed E-state index contributed by atoms with van der Waals surface area (Å²) in [6, 6.07) is 9.25. The van der Waals surface area contributed by atoms with E-state index in [2.05, 4.69) is 21.2 Å². The van der Waals surface area contributed by atoms with Gasteiger partial charge in [-0.25, -0.2) is 4.39 Å². The maximum atomic E-state index is 13.7. The molecule has 1 amide bonds. The SMILES string of the molecule is Cc1c(F)cc(C#N)cc1NC(=O)c1ccc(Br)cc1N. The molecule has 0 unspecified atom stereocenters. The molecule has 0 aliphatic carbocycles. The first kappa shape index (κ1) is 15.0. The van der Waals surface area contributed by atoms with Gasteiger partial charge in [0.2, 0.25) is 0 Å². The smallest absolute Gasteiger partial charge is 0.257 e. The number of hydrogen-bond acceptors (Lipinski definition) is 3. The van der Waals surface area contributed by atoms with Gasteiger partial charge in [0.05, 0.1) is 17.2 Å². The minimum atomic E-state index is -0.548. The average molecular weight is 348 g/mol. The molecule has 3 N–H and O–H groups in total. The predicted octanol–water partition coefficient (Wildman–Crippen LogP) is 3.60. The van der Waals surface area contributed by atoms with E-state index in [1.165, 1.54) is 13.0 Å². The molecule has 0 saturated carbocycles. The molecule has 0 aliphatic rings. The second-order valence-electron chi connectivity index (χ2n) is 4.43. The molecule has 0 fully saturated rings. The van der Waals surface area contributed by atoms with Crippen LogP contribution in [0.3, 0.4) is 0 Å². The van der Waals surface area contributed by atoms with Gasteiger partial charge in [-0.05, 0) is 37.3 Å². The van der Waals surface area contributed by atoms with E-state index in [1.807, 2.05) is 6.07 Å². The molecule has 21 heavy (non-hydrogen) atoms. The summed E-state index contributed by atoms with van der Waals surface area (Å²) in [7, 11) is 0. The first-order valence-corrected chi connectivity index (χ1v) is 6.78. The summed E-state index contributed by atoms with van der Waals surface area (Å²) in [6.45, 7) is 1.52. The van der Waals surface area contributed by atoms with Crippen molar-refractivity contribution >= 4 is 33.2 Å². The third kappa shape index (κ3) is 3.20. The zero-order chi connectivity index (χ0) is 15.6. The number of nitrogens with zero attached hydrogens (tertiary/aromatic N) is 1. The number of nitrogens with one attached hydrogen (secondary N) is 1. The molecule has 2 rings (SSSR count). The van der Waals surface area contributed by atoms with Crippen LogP contribution in [0.1, 0.15) is 21.5 Å². The van der Waals surface area contributed by atoms with Crippen LogP contribution < -0.4 is 11.1 Å². The van der Waals surface area contributed by atoms with Crippen LogP contribution in [0.2, 0.25) is 0 Å². The van der Waals surface area contributed by atoms with Gasteiger partial charge in [0.25, 0.3) is 5.91 Å². The number of benzene rings is 2. The van der Waals surface area contributed by atoms with E-state index in [0.29, 0.717) is 5.69 Å². The molecule has 6 heteroatoms. The predicted molar refractivity (Wildman–Crippen MR) is 82.4 cm³/mol. The zero-order valence-electron chi connectivity index (χ0n) is 11.1. The molecule has 4 nitrogen and oxygen atoms in total. The van der Waals surface area contributed by atoms with E-state index < -0.39 is 11.7 Å². The highest BCUT2D eigenvalue weighted by atomic mass is 79.9. The minimum Gasteiger partial charge on any atom is -0.398 e. The fraction of sp³-hybridized carbons (Fsp3) is 0.0667. The Morgan fingerprint density at radius 3 is 2.71 bits per heavy atom. The van der Waals surface area contributed by atoms with Gasteiger partial charge < -0.3 is 11.1 Å². The van der Waals surface area contributed by atoms with Crippen LogP contribution in [-0.4, -0.2) is 5.91 Å². The highest BCUT2D eigenvalue weighted by Gasteiger charge is 2.14. The largest absolute Gasteiger partial charge is 0.398 e. The molecule has 2 aromatic carbocycles. The molecule has 0 bridgehead atoms. The molecule has 0 saturated heterocycles. The van der Waals surface area contributed by atoms with Gasteiger partial charge >= 0.3 is 0 Å². The molecule has 106 valence electrons. The van der Waals surface area contributed by atoms with Crippen LogP contribution in [-0.2, 0) is 0 Å². The lowest BCUT2D eigenvalue weighted by Gasteiger charge is -2.11. The molecule has 0 heterocycles. The molecule has 0 spiro atoms.